The summed E-state index contributed by atoms with van der Waals surface area (Å²) >= 11 is 6.24. The predicted molar refractivity (Wildman–Crippen MR) is 55.1 cm³/mol. The van der Waals surface area contributed by atoms with Crippen molar-refractivity contribution in [1.82, 2.24) is 0 Å². The first-order valence-electron chi connectivity index (χ1n) is 4.31. The Balaban J connectivity index is 3.79. The second-order valence-electron chi connectivity index (χ2n) is 4.23. The van der Waals surface area contributed by atoms with Gasteiger partial charge in [0.2, 0.25) is 7.55 Å². The molecule has 0 saturated heterocycles. The van der Waals surface area contributed by atoms with Crippen LogP contribution in [0.1, 0.15) is 27.7 Å². The zero-order valence-corrected chi connectivity index (χ0v) is 9.78. The van der Waals surface area contributed by atoms with Crippen LogP contribution in [0.4, 0.5) is 0 Å². The molecular formula is C8H20ClNSi. The van der Waals surface area contributed by atoms with Crippen molar-refractivity contribution in [2.45, 2.75) is 39.8 Å². The van der Waals surface area contributed by atoms with E-state index in [2.05, 4.69) is 27.7 Å². The van der Waals surface area contributed by atoms with E-state index in [9.17, 15) is 0 Å². The first-order chi connectivity index (χ1) is 4.83. The average Bonchev–Trinajstić information content (AvgIpc) is 1.53. The summed E-state index contributed by atoms with van der Waals surface area (Å²) in [6, 6.07) is 2.07. The highest BCUT2D eigenvalue weighted by Gasteiger charge is 2.27. The molecule has 3 heteroatoms. The van der Waals surface area contributed by atoms with Crippen LogP contribution in [0.15, 0.2) is 0 Å². The van der Waals surface area contributed by atoms with Crippen LogP contribution in [0.2, 0.25) is 12.1 Å². The van der Waals surface area contributed by atoms with E-state index in [-0.39, 0.29) is 0 Å². The molecule has 1 nitrogen and oxygen atoms in total. The zero-order chi connectivity index (χ0) is 9.07. The fraction of sp³-hybridized carbons (Fsp3) is 1.00. The van der Waals surface area contributed by atoms with Crippen LogP contribution in [-0.4, -0.2) is 7.55 Å². The maximum absolute atomic E-state index is 6.24. The zero-order valence-electron chi connectivity index (χ0n) is 8.02. The molecule has 0 heterocycles. The minimum absolute atomic E-state index is 0.642. The van der Waals surface area contributed by atoms with Crippen LogP contribution in [0, 0.1) is 11.8 Å². The number of hydrogen-bond acceptors (Lipinski definition) is 1. The highest BCUT2D eigenvalue weighted by atomic mass is 35.6. The lowest BCUT2D eigenvalue weighted by Crippen LogP contribution is -2.41. The molecule has 0 unspecified atom stereocenters. The Bertz CT molecular complexity index is 101. The highest BCUT2D eigenvalue weighted by Crippen LogP contribution is 2.23. The topological polar surface area (TPSA) is 26.0 Å². The minimum atomic E-state index is -1.86. The van der Waals surface area contributed by atoms with Crippen molar-refractivity contribution in [2.75, 3.05) is 0 Å². The summed E-state index contributed by atoms with van der Waals surface area (Å²) in [6.07, 6.45) is 0. The summed E-state index contributed by atoms with van der Waals surface area (Å²) in [5.74, 6) is 1.28. The lowest BCUT2D eigenvalue weighted by Gasteiger charge is -2.22. The SMILES string of the molecule is CC(C)C[Si](N)(Cl)CC(C)C. The number of halogens is 1. The molecule has 11 heavy (non-hydrogen) atoms. The minimum Gasteiger partial charge on any atom is -0.339 e. The number of hydrogen-bond donors (Lipinski definition) is 1. The van der Waals surface area contributed by atoms with Crippen LogP contribution >= 0.6 is 11.1 Å². The van der Waals surface area contributed by atoms with Crippen LogP contribution in [0.25, 0.3) is 0 Å². The van der Waals surface area contributed by atoms with Crippen LogP contribution in [0.5, 0.6) is 0 Å². The lowest BCUT2D eigenvalue weighted by atomic mass is 10.3. The van der Waals surface area contributed by atoms with Crippen molar-refractivity contribution in [2.24, 2.45) is 17.2 Å². The Morgan fingerprint density at radius 1 is 1.09 bits per heavy atom. The molecule has 0 aliphatic heterocycles. The lowest BCUT2D eigenvalue weighted by molar-refractivity contribution is 0.685. The van der Waals surface area contributed by atoms with Gasteiger partial charge < -0.3 is 5.40 Å². The molecule has 0 aliphatic carbocycles. The first-order valence-corrected chi connectivity index (χ1v) is 7.81. The molecule has 0 spiro atoms. The van der Waals surface area contributed by atoms with Crippen molar-refractivity contribution in [3.05, 3.63) is 0 Å². The molecule has 0 rings (SSSR count). The van der Waals surface area contributed by atoms with Gasteiger partial charge in [0, 0.05) is 0 Å². The van der Waals surface area contributed by atoms with Gasteiger partial charge in [-0.25, -0.2) is 0 Å². The summed E-state index contributed by atoms with van der Waals surface area (Å²) in [5, 5.41) is 6.02. The number of rotatable bonds is 4. The molecular weight excluding hydrogens is 174 g/mol. The van der Waals surface area contributed by atoms with Gasteiger partial charge in [0.25, 0.3) is 0 Å². The molecule has 68 valence electrons. The second kappa shape index (κ2) is 4.48. The quantitative estimate of drug-likeness (QED) is 0.540. The molecule has 0 fully saturated rings. The van der Waals surface area contributed by atoms with E-state index in [0.717, 1.165) is 12.1 Å². The molecule has 0 atom stereocenters. The molecule has 0 aromatic rings. The molecule has 0 radical (unpaired) electrons. The molecule has 0 saturated carbocycles. The average molecular weight is 194 g/mol. The Morgan fingerprint density at radius 3 is 1.55 bits per heavy atom. The summed E-state index contributed by atoms with van der Waals surface area (Å²) in [6.45, 7) is 8.71. The summed E-state index contributed by atoms with van der Waals surface area (Å²) in [4.78, 5) is 0. The third kappa shape index (κ3) is 6.85. The Hall–Kier alpha value is 0.467. The maximum Gasteiger partial charge on any atom is 0.224 e. The monoisotopic (exact) mass is 193 g/mol. The predicted octanol–water partition coefficient (Wildman–Crippen LogP) is 2.94. The molecule has 0 amide bonds. The van der Waals surface area contributed by atoms with Gasteiger partial charge >= 0.3 is 0 Å². The first kappa shape index (κ1) is 11.5. The Kier molecular flexibility index (Phi) is 4.67. The van der Waals surface area contributed by atoms with E-state index < -0.39 is 7.55 Å². The van der Waals surface area contributed by atoms with E-state index in [4.69, 9.17) is 16.5 Å². The van der Waals surface area contributed by atoms with Gasteiger partial charge in [0.1, 0.15) is 0 Å². The van der Waals surface area contributed by atoms with Crippen LogP contribution in [0.3, 0.4) is 0 Å². The van der Waals surface area contributed by atoms with E-state index in [1.807, 2.05) is 0 Å². The van der Waals surface area contributed by atoms with Crippen molar-refractivity contribution < 1.29 is 0 Å². The van der Waals surface area contributed by atoms with Gasteiger partial charge in [-0.15, -0.1) is 11.1 Å². The van der Waals surface area contributed by atoms with Gasteiger partial charge in [-0.05, 0) is 23.9 Å². The van der Waals surface area contributed by atoms with Crippen LogP contribution < -0.4 is 5.40 Å². The normalized spacial score (nSPS) is 13.1. The third-order valence-corrected chi connectivity index (χ3v) is 5.41. The fourth-order valence-electron chi connectivity index (χ4n) is 1.44. The smallest absolute Gasteiger partial charge is 0.224 e. The molecule has 0 aromatic carbocycles. The molecule has 0 aromatic heterocycles. The maximum atomic E-state index is 6.24. The molecule has 2 N–H and O–H groups in total. The van der Waals surface area contributed by atoms with Crippen LogP contribution in [-0.2, 0) is 0 Å². The van der Waals surface area contributed by atoms with Gasteiger partial charge in [-0.2, -0.15) is 0 Å². The largest absolute Gasteiger partial charge is 0.339 e. The van der Waals surface area contributed by atoms with Gasteiger partial charge in [-0.1, -0.05) is 27.7 Å². The third-order valence-electron chi connectivity index (χ3n) is 1.50. The molecule has 0 aliphatic rings. The van der Waals surface area contributed by atoms with Crippen molar-refractivity contribution >= 4 is 18.6 Å². The van der Waals surface area contributed by atoms with Crippen molar-refractivity contribution in [3.63, 3.8) is 0 Å². The summed E-state index contributed by atoms with van der Waals surface area (Å²) in [5.41, 5.74) is 0. The van der Waals surface area contributed by atoms with E-state index in [1.54, 1.807) is 0 Å². The van der Waals surface area contributed by atoms with E-state index in [1.165, 1.54) is 0 Å². The van der Waals surface area contributed by atoms with Gasteiger partial charge in [0.15, 0.2) is 0 Å². The van der Waals surface area contributed by atoms with E-state index >= 15 is 0 Å². The Morgan fingerprint density at radius 2 is 1.36 bits per heavy atom. The van der Waals surface area contributed by atoms with Gasteiger partial charge in [0.05, 0.1) is 0 Å². The summed E-state index contributed by atoms with van der Waals surface area (Å²) < 4.78 is 0. The summed E-state index contributed by atoms with van der Waals surface area (Å²) in [7, 11) is -1.86. The van der Waals surface area contributed by atoms with Gasteiger partial charge in [-0.3, -0.25) is 0 Å². The molecule has 0 bridgehead atoms. The highest BCUT2D eigenvalue weighted by molar-refractivity contribution is 7.18. The Labute approximate surface area is 76.1 Å². The van der Waals surface area contributed by atoms with E-state index in [0.29, 0.717) is 11.8 Å². The second-order valence-corrected chi connectivity index (χ2v) is 9.37. The number of nitrogens with two attached hydrogens (primary N) is 1. The van der Waals surface area contributed by atoms with Crippen molar-refractivity contribution in [1.29, 1.82) is 0 Å². The standard InChI is InChI=1S/C8H20ClNSi/c1-7(2)5-11(9,10)6-8(3)4/h7-8H,5-6,10H2,1-4H3. The van der Waals surface area contributed by atoms with Crippen molar-refractivity contribution in [3.8, 4) is 0 Å². The fourth-order valence-corrected chi connectivity index (χ4v) is 6.17.